The van der Waals surface area contributed by atoms with Crippen LogP contribution in [0.3, 0.4) is 0 Å². The summed E-state index contributed by atoms with van der Waals surface area (Å²) in [7, 11) is -4.63. The van der Waals surface area contributed by atoms with Crippen LogP contribution in [0.25, 0.3) is 0 Å². The molecule has 0 heterocycles. The molecule has 0 aromatic carbocycles. The van der Waals surface area contributed by atoms with Gasteiger partial charge < -0.3 is 24.6 Å². The normalized spacial score (nSPS) is 14.6. The van der Waals surface area contributed by atoms with Crippen molar-refractivity contribution in [3.63, 3.8) is 0 Å². The summed E-state index contributed by atoms with van der Waals surface area (Å²) in [6.45, 7) is 2.18. The number of aliphatic hydroxyl groups is 2. The number of allylic oxidation sites excluding steroid dienone is 12. The van der Waals surface area contributed by atoms with Gasteiger partial charge in [0.2, 0.25) is 0 Å². The summed E-state index contributed by atoms with van der Waals surface area (Å²) in [6.07, 6.45) is 44.4. The number of rotatable bonds is 38. The molecule has 0 aliphatic heterocycles. The minimum absolute atomic E-state index is 0.140. The van der Waals surface area contributed by atoms with Crippen LogP contribution in [0.4, 0.5) is 0 Å². The van der Waals surface area contributed by atoms with Crippen molar-refractivity contribution >= 4 is 19.8 Å². The predicted molar refractivity (Wildman–Crippen MR) is 223 cm³/mol. The van der Waals surface area contributed by atoms with Gasteiger partial charge in [-0.05, 0) is 83.5 Å². The summed E-state index contributed by atoms with van der Waals surface area (Å²) in [4.78, 5) is 34.9. The van der Waals surface area contributed by atoms with E-state index in [9.17, 15) is 24.2 Å². The van der Waals surface area contributed by atoms with E-state index in [2.05, 4.69) is 91.3 Å². The number of hydrogen-bond acceptors (Lipinski definition) is 9. The number of ether oxygens (including phenoxy) is 2. The van der Waals surface area contributed by atoms with Crippen molar-refractivity contribution in [1.29, 1.82) is 0 Å². The van der Waals surface area contributed by atoms with Crippen LogP contribution < -0.4 is 0 Å². The van der Waals surface area contributed by atoms with Gasteiger partial charge in [0.1, 0.15) is 12.7 Å². The molecule has 0 amide bonds. The monoisotopic (exact) mass is 795 g/mol. The van der Waals surface area contributed by atoms with Gasteiger partial charge in [-0.25, -0.2) is 4.57 Å². The van der Waals surface area contributed by atoms with Crippen molar-refractivity contribution in [2.75, 3.05) is 26.4 Å². The van der Waals surface area contributed by atoms with Crippen molar-refractivity contribution in [1.82, 2.24) is 0 Å². The minimum Gasteiger partial charge on any atom is -0.462 e. The third-order valence-corrected chi connectivity index (χ3v) is 9.30. The highest BCUT2D eigenvalue weighted by Gasteiger charge is 2.27. The van der Waals surface area contributed by atoms with Gasteiger partial charge in [-0.3, -0.25) is 18.6 Å². The summed E-state index contributed by atoms with van der Waals surface area (Å²) in [5.41, 5.74) is 0. The van der Waals surface area contributed by atoms with Crippen LogP contribution in [0, 0.1) is 0 Å². The Morgan fingerprint density at radius 2 is 1.00 bits per heavy atom. The van der Waals surface area contributed by atoms with Crippen LogP contribution in [0.1, 0.15) is 155 Å². The molecule has 11 heteroatoms. The number of carbonyl (C=O) groups is 2. The Balaban J connectivity index is 4.41. The first kappa shape index (κ1) is 52.4. The smallest absolute Gasteiger partial charge is 0.462 e. The lowest BCUT2D eigenvalue weighted by atomic mass is 10.1. The summed E-state index contributed by atoms with van der Waals surface area (Å²) in [6, 6.07) is 0. The first-order valence-electron chi connectivity index (χ1n) is 20.9. The molecule has 3 N–H and O–H groups in total. The third kappa shape index (κ3) is 39.4. The van der Waals surface area contributed by atoms with E-state index in [0.29, 0.717) is 12.8 Å². The van der Waals surface area contributed by atoms with E-state index in [-0.39, 0.29) is 19.4 Å². The van der Waals surface area contributed by atoms with Crippen LogP contribution in [-0.4, -0.2) is 65.7 Å². The maximum atomic E-state index is 12.6. The maximum Gasteiger partial charge on any atom is 0.472 e. The highest BCUT2D eigenvalue weighted by Crippen LogP contribution is 2.43. The molecule has 3 atom stereocenters. The second-order valence-electron chi connectivity index (χ2n) is 13.6. The Bertz CT molecular complexity index is 1140. The zero-order valence-electron chi connectivity index (χ0n) is 34.1. The number of phosphoric acid groups is 1. The number of carbonyl (C=O) groups excluding carboxylic acids is 2. The predicted octanol–water partition coefficient (Wildman–Crippen LogP) is 10.9. The van der Waals surface area contributed by atoms with E-state index in [4.69, 9.17) is 19.1 Å². The van der Waals surface area contributed by atoms with Crippen LogP contribution in [-0.2, 0) is 32.7 Å². The molecule has 316 valence electrons. The first-order chi connectivity index (χ1) is 26.7. The zero-order chi connectivity index (χ0) is 40.5. The van der Waals surface area contributed by atoms with E-state index >= 15 is 0 Å². The lowest BCUT2D eigenvalue weighted by Gasteiger charge is -2.20. The second-order valence-corrected chi connectivity index (χ2v) is 15.1. The molecule has 55 heavy (non-hydrogen) atoms. The fourth-order valence-corrected chi connectivity index (χ4v) is 5.92. The molecule has 1 unspecified atom stereocenters. The Hall–Kier alpha value is -2.59. The highest BCUT2D eigenvalue weighted by atomic mass is 31.2. The standard InChI is InChI=1S/C44H75O10P/c1-3-5-7-9-11-13-15-17-18-19-20-21-22-24-26-28-30-32-34-36-44(48)54-42(40-53-55(49,50)52-38-41(46)37-45)39-51-43(47)35-33-31-29-27-25-23-16-14-12-10-8-6-4-2/h5,7,11,13-14,16-18,20-21,24,26,41-42,45-46H,3-4,6,8-10,12,15,19,22-23,25,27-40H2,1-2H3,(H,49,50)/t41-,42+/m0/s1. The maximum absolute atomic E-state index is 12.6. The molecule has 0 aromatic rings. The molecule has 0 bridgehead atoms. The number of esters is 2. The number of hydrogen-bond donors (Lipinski definition) is 3. The molecule has 0 fully saturated rings. The van der Waals surface area contributed by atoms with Crippen molar-refractivity contribution in [2.24, 2.45) is 0 Å². The van der Waals surface area contributed by atoms with Gasteiger partial charge in [0, 0.05) is 12.8 Å². The Morgan fingerprint density at radius 3 is 1.55 bits per heavy atom. The van der Waals surface area contributed by atoms with Gasteiger partial charge in [-0.2, -0.15) is 0 Å². The average molecular weight is 795 g/mol. The van der Waals surface area contributed by atoms with Crippen molar-refractivity contribution in [3.05, 3.63) is 72.9 Å². The van der Waals surface area contributed by atoms with Crippen LogP contribution in [0.2, 0.25) is 0 Å². The molecule has 0 spiro atoms. The topological polar surface area (TPSA) is 149 Å². The minimum atomic E-state index is -4.63. The van der Waals surface area contributed by atoms with Gasteiger partial charge >= 0.3 is 19.8 Å². The van der Waals surface area contributed by atoms with Gasteiger partial charge in [0.25, 0.3) is 0 Å². The lowest BCUT2D eigenvalue weighted by molar-refractivity contribution is -0.161. The first-order valence-corrected chi connectivity index (χ1v) is 22.4. The van der Waals surface area contributed by atoms with Gasteiger partial charge in [-0.1, -0.05) is 132 Å². The Morgan fingerprint density at radius 1 is 0.564 bits per heavy atom. The van der Waals surface area contributed by atoms with Gasteiger partial charge in [0.05, 0.1) is 19.8 Å². The highest BCUT2D eigenvalue weighted by molar-refractivity contribution is 7.47. The molecule has 0 aromatic heterocycles. The van der Waals surface area contributed by atoms with Crippen molar-refractivity contribution in [3.8, 4) is 0 Å². The molecule has 0 aliphatic rings. The molecular formula is C44H75O10P. The summed E-state index contributed by atoms with van der Waals surface area (Å²) >= 11 is 0. The van der Waals surface area contributed by atoms with Crippen molar-refractivity contribution < 1.29 is 47.8 Å². The number of phosphoric ester groups is 1. The second kappa shape index (κ2) is 39.6. The fraction of sp³-hybridized carbons (Fsp3) is 0.682. The number of unbranched alkanes of at least 4 members (excludes halogenated alkanes) is 12. The zero-order valence-corrected chi connectivity index (χ0v) is 35.0. The number of aliphatic hydroxyl groups excluding tert-OH is 2. The van der Waals surface area contributed by atoms with Crippen molar-refractivity contribution in [2.45, 2.75) is 167 Å². The quantitative estimate of drug-likeness (QED) is 0.0239. The van der Waals surface area contributed by atoms with Gasteiger partial charge in [0.15, 0.2) is 6.10 Å². The van der Waals surface area contributed by atoms with E-state index in [1.54, 1.807) is 0 Å². The molecule has 0 radical (unpaired) electrons. The molecular weight excluding hydrogens is 719 g/mol. The molecule has 0 saturated heterocycles. The largest absolute Gasteiger partial charge is 0.472 e. The molecule has 0 rings (SSSR count). The van der Waals surface area contributed by atoms with E-state index in [0.717, 1.165) is 89.9 Å². The Kier molecular flexibility index (Phi) is 37.8. The van der Waals surface area contributed by atoms with E-state index in [1.807, 2.05) is 0 Å². The van der Waals surface area contributed by atoms with Crippen LogP contribution in [0.15, 0.2) is 72.9 Å². The van der Waals surface area contributed by atoms with E-state index < -0.39 is 51.8 Å². The fourth-order valence-electron chi connectivity index (χ4n) is 5.13. The third-order valence-electron chi connectivity index (χ3n) is 8.34. The SMILES string of the molecule is CCC=CCC=CCC=CCC=CCC=CCCCCCC(=O)O[C@H](COC(=O)CCCCCCCC=CCCCCCC)COP(=O)(O)OC[C@@H](O)CO. The summed E-state index contributed by atoms with van der Waals surface area (Å²) in [5, 5.41) is 18.3. The van der Waals surface area contributed by atoms with Crippen LogP contribution in [0.5, 0.6) is 0 Å². The average Bonchev–Trinajstić information content (AvgIpc) is 3.17. The summed E-state index contributed by atoms with van der Waals surface area (Å²) < 4.78 is 32.6. The lowest BCUT2D eigenvalue weighted by Crippen LogP contribution is -2.29. The molecule has 10 nitrogen and oxygen atoms in total. The van der Waals surface area contributed by atoms with E-state index in [1.165, 1.54) is 25.7 Å². The molecule has 0 aliphatic carbocycles. The van der Waals surface area contributed by atoms with Crippen LogP contribution >= 0.6 is 7.82 Å². The molecule has 0 saturated carbocycles. The van der Waals surface area contributed by atoms with Gasteiger partial charge in [-0.15, -0.1) is 0 Å². The Labute approximate surface area is 333 Å². The summed E-state index contributed by atoms with van der Waals surface area (Å²) in [5.74, 6) is -0.980.